The molecule has 2 N–H and O–H groups in total. The second-order valence-electron chi connectivity index (χ2n) is 5.98. The van der Waals surface area contributed by atoms with Crippen molar-refractivity contribution in [2.24, 2.45) is 11.8 Å². The van der Waals surface area contributed by atoms with Crippen molar-refractivity contribution in [2.45, 2.75) is 40.5 Å². The Balaban J connectivity index is 2.47. The van der Waals surface area contributed by atoms with Gasteiger partial charge in [-0.15, -0.1) is 0 Å². The van der Waals surface area contributed by atoms with E-state index in [2.05, 4.69) is 43.3 Å². The second kappa shape index (κ2) is 8.56. The van der Waals surface area contributed by atoms with E-state index in [0.29, 0.717) is 17.4 Å². The number of amides is 1. The number of nitrogens with zero attached hydrogens (tertiary/aromatic N) is 1. The Bertz CT molecular complexity index is 416. The van der Waals surface area contributed by atoms with Crippen molar-refractivity contribution in [3.63, 3.8) is 0 Å². The Morgan fingerprint density at radius 1 is 1.15 bits per heavy atom. The lowest BCUT2D eigenvalue weighted by molar-refractivity contribution is 0.0952. The summed E-state index contributed by atoms with van der Waals surface area (Å²) in [5, 5.41) is 6.19. The Kier molecular flexibility index (Phi) is 7.05. The van der Waals surface area contributed by atoms with Crippen LogP contribution in [0.5, 0.6) is 0 Å². The summed E-state index contributed by atoms with van der Waals surface area (Å²) in [5.41, 5.74) is 0.663. The summed E-state index contributed by atoms with van der Waals surface area (Å²) in [5.74, 6) is 1.99. The van der Waals surface area contributed by atoms with Gasteiger partial charge in [-0.3, -0.25) is 4.79 Å². The van der Waals surface area contributed by atoms with E-state index in [1.807, 2.05) is 6.07 Å². The number of carbonyl (C=O) groups excluding carboxylic acids is 1. The standard InChI is InChI=1S/C16H27N3O/c1-12(2)5-8-17-15-11-14(7-10-18-15)16(20)19-9-6-13(3)4/h7,10-13H,5-6,8-9H2,1-4H3,(H,17,18)(H,19,20). The van der Waals surface area contributed by atoms with Crippen molar-refractivity contribution >= 4 is 11.7 Å². The Labute approximate surface area is 122 Å². The van der Waals surface area contributed by atoms with Crippen LogP contribution in [0.25, 0.3) is 0 Å². The molecule has 112 valence electrons. The lowest BCUT2D eigenvalue weighted by atomic mass is 10.1. The van der Waals surface area contributed by atoms with Crippen molar-refractivity contribution < 1.29 is 4.79 Å². The molecule has 1 aromatic heterocycles. The van der Waals surface area contributed by atoms with Gasteiger partial charge in [-0.2, -0.15) is 0 Å². The molecule has 0 spiro atoms. The Morgan fingerprint density at radius 2 is 1.80 bits per heavy atom. The lowest BCUT2D eigenvalue weighted by Gasteiger charge is -2.10. The van der Waals surface area contributed by atoms with Gasteiger partial charge in [-0.05, 0) is 36.8 Å². The smallest absolute Gasteiger partial charge is 0.251 e. The van der Waals surface area contributed by atoms with E-state index in [1.54, 1.807) is 12.3 Å². The summed E-state index contributed by atoms with van der Waals surface area (Å²) >= 11 is 0. The molecule has 1 aromatic rings. The van der Waals surface area contributed by atoms with Gasteiger partial charge in [0.1, 0.15) is 5.82 Å². The number of rotatable bonds is 8. The fourth-order valence-corrected chi connectivity index (χ4v) is 1.73. The highest BCUT2D eigenvalue weighted by atomic mass is 16.1. The van der Waals surface area contributed by atoms with Gasteiger partial charge in [0.25, 0.3) is 5.91 Å². The molecule has 0 aliphatic carbocycles. The molecule has 0 fully saturated rings. The van der Waals surface area contributed by atoms with E-state index in [4.69, 9.17) is 0 Å². The zero-order valence-corrected chi connectivity index (χ0v) is 13.1. The third kappa shape index (κ3) is 6.55. The molecule has 0 atom stereocenters. The maximum Gasteiger partial charge on any atom is 0.251 e. The molecule has 0 radical (unpaired) electrons. The summed E-state index contributed by atoms with van der Waals surface area (Å²) in [4.78, 5) is 16.2. The maximum absolute atomic E-state index is 12.0. The highest BCUT2D eigenvalue weighted by molar-refractivity contribution is 5.94. The summed E-state index contributed by atoms with van der Waals surface area (Å²) < 4.78 is 0. The SMILES string of the molecule is CC(C)CCNC(=O)c1ccnc(NCCC(C)C)c1. The number of aromatic nitrogens is 1. The van der Waals surface area contributed by atoms with Gasteiger partial charge in [0, 0.05) is 24.8 Å². The van der Waals surface area contributed by atoms with Crippen LogP contribution < -0.4 is 10.6 Å². The van der Waals surface area contributed by atoms with Gasteiger partial charge in [0.05, 0.1) is 0 Å². The average Bonchev–Trinajstić information content (AvgIpc) is 2.38. The molecule has 0 saturated carbocycles. The quantitative estimate of drug-likeness (QED) is 0.766. The first-order valence-corrected chi connectivity index (χ1v) is 7.47. The van der Waals surface area contributed by atoms with Crippen LogP contribution >= 0.6 is 0 Å². The molecule has 20 heavy (non-hydrogen) atoms. The predicted octanol–water partition coefficient (Wildman–Crippen LogP) is 3.32. The first-order valence-electron chi connectivity index (χ1n) is 7.47. The second-order valence-corrected chi connectivity index (χ2v) is 5.98. The minimum absolute atomic E-state index is 0.0278. The summed E-state index contributed by atoms with van der Waals surface area (Å²) in [7, 11) is 0. The molecule has 4 heteroatoms. The highest BCUT2D eigenvalue weighted by Gasteiger charge is 2.06. The third-order valence-corrected chi connectivity index (χ3v) is 3.06. The maximum atomic E-state index is 12.0. The molecule has 0 aliphatic rings. The first-order chi connectivity index (χ1) is 9.49. The van der Waals surface area contributed by atoms with Crippen LogP contribution in [0.2, 0.25) is 0 Å². The van der Waals surface area contributed by atoms with Crippen LogP contribution in [0, 0.1) is 11.8 Å². The van der Waals surface area contributed by atoms with E-state index in [1.165, 1.54) is 0 Å². The zero-order chi connectivity index (χ0) is 15.0. The van der Waals surface area contributed by atoms with Crippen LogP contribution in [-0.2, 0) is 0 Å². The van der Waals surface area contributed by atoms with E-state index in [9.17, 15) is 4.79 Å². The van der Waals surface area contributed by atoms with Crippen molar-refractivity contribution in [1.29, 1.82) is 0 Å². The van der Waals surface area contributed by atoms with Gasteiger partial charge in [-0.25, -0.2) is 4.98 Å². The van der Waals surface area contributed by atoms with Gasteiger partial charge in [0.15, 0.2) is 0 Å². The minimum Gasteiger partial charge on any atom is -0.370 e. The lowest BCUT2D eigenvalue weighted by Crippen LogP contribution is -2.25. The molecule has 1 rings (SSSR count). The largest absolute Gasteiger partial charge is 0.370 e. The molecule has 0 aliphatic heterocycles. The number of pyridine rings is 1. The van der Waals surface area contributed by atoms with Gasteiger partial charge < -0.3 is 10.6 Å². The minimum atomic E-state index is -0.0278. The fraction of sp³-hybridized carbons (Fsp3) is 0.625. The molecule has 0 bridgehead atoms. The highest BCUT2D eigenvalue weighted by Crippen LogP contribution is 2.08. The molecule has 0 saturated heterocycles. The third-order valence-electron chi connectivity index (χ3n) is 3.06. The molecular formula is C16H27N3O. The number of anilines is 1. The van der Waals surface area contributed by atoms with E-state index >= 15 is 0 Å². The molecule has 1 amide bonds. The summed E-state index contributed by atoms with van der Waals surface area (Å²) in [6, 6.07) is 3.56. The number of hydrogen-bond acceptors (Lipinski definition) is 3. The number of carbonyl (C=O) groups is 1. The van der Waals surface area contributed by atoms with Crippen LogP contribution in [0.1, 0.15) is 50.9 Å². The van der Waals surface area contributed by atoms with Crippen LogP contribution in [-0.4, -0.2) is 24.0 Å². The molecule has 0 unspecified atom stereocenters. The van der Waals surface area contributed by atoms with E-state index in [-0.39, 0.29) is 5.91 Å². The molecule has 0 aromatic carbocycles. The van der Waals surface area contributed by atoms with Gasteiger partial charge >= 0.3 is 0 Å². The van der Waals surface area contributed by atoms with Crippen molar-refractivity contribution in [3.05, 3.63) is 23.9 Å². The molecule has 4 nitrogen and oxygen atoms in total. The molecule has 1 heterocycles. The number of nitrogens with one attached hydrogen (secondary N) is 2. The number of hydrogen-bond donors (Lipinski definition) is 2. The first kappa shape index (κ1) is 16.5. The monoisotopic (exact) mass is 277 g/mol. The van der Waals surface area contributed by atoms with Crippen LogP contribution in [0.3, 0.4) is 0 Å². The van der Waals surface area contributed by atoms with Gasteiger partial charge in [0.2, 0.25) is 0 Å². The van der Waals surface area contributed by atoms with Crippen molar-refractivity contribution in [1.82, 2.24) is 10.3 Å². The predicted molar refractivity (Wildman–Crippen MR) is 84.0 cm³/mol. The Hall–Kier alpha value is -1.58. The average molecular weight is 277 g/mol. The Morgan fingerprint density at radius 3 is 2.45 bits per heavy atom. The molecular weight excluding hydrogens is 250 g/mol. The van der Waals surface area contributed by atoms with Crippen molar-refractivity contribution in [2.75, 3.05) is 18.4 Å². The van der Waals surface area contributed by atoms with Crippen LogP contribution in [0.15, 0.2) is 18.3 Å². The fourth-order valence-electron chi connectivity index (χ4n) is 1.73. The normalized spacial score (nSPS) is 10.9. The topological polar surface area (TPSA) is 54.0 Å². The van der Waals surface area contributed by atoms with Gasteiger partial charge in [-0.1, -0.05) is 27.7 Å². The van der Waals surface area contributed by atoms with E-state index < -0.39 is 0 Å². The zero-order valence-electron chi connectivity index (χ0n) is 13.1. The van der Waals surface area contributed by atoms with Crippen molar-refractivity contribution in [3.8, 4) is 0 Å². The van der Waals surface area contributed by atoms with Crippen LogP contribution in [0.4, 0.5) is 5.82 Å². The summed E-state index contributed by atoms with van der Waals surface area (Å²) in [6.07, 6.45) is 3.76. The summed E-state index contributed by atoms with van der Waals surface area (Å²) in [6.45, 7) is 10.3. The van der Waals surface area contributed by atoms with E-state index in [0.717, 1.165) is 31.7 Å².